The summed E-state index contributed by atoms with van der Waals surface area (Å²) in [7, 11) is 0. The van der Waals surface area contributed by atoms with E-state index >= 15 is 0 Å². The van der Waals surface area contributed by atoms with Gasteiger partial charge in [0.25, 0.3) is 0 Å². The second-order valence-corrected chi connectivity index (χ2v) is 5.87. The Hall–Kier alpha value is -3.21. The van der Waals surface area contributed by atoms with Crippen LogP contribution < -0.4 is 10.6 Å². The summed E-state index contributed by atoms with van der Waals surface area (Å²) < 4.78 is 32.7. The molecule has 0 amide bonds. The minimum Gasteiger partial charge on any atom is -0.489 e. The highest BCUT2D eigenvalue weighted by molar-refractivity contribution is 5.80. The summed E-state index contributed by atoms with van der Waals surface area (Å²) in [6.45, 7) is 0.234. The smallest absolute Gasteiger partial charge is 0.123 e. The predicted octanol–water partition coefficient (Wildman–Crippen LogP) is 4.43. The standard InChI is InChI=1S/C21H18F2N2O/c22-19-5-1-3-15(11-19)9-18-10-16(13-25-24)7-8-21(18)26-14-17-4-2-6-20(23)12-17/h1-8,10-13H,9,14,24H2. The van der Waals surface area contributed by atoms with Crippen LogP contribution in [-0.4, -0.2) is 6.21 Å². The van der Waals surface area contributed by atoms with E-state index in [1.54, 1.807) is 18.2 Å². The monoisotopic (exact) mass is 352 g/mol. The molecule has 3 rings (SSSR count). The molecular weight excluding hydrogens is 334 g/mol. The quantitative estimate of drug-likeness (QED) is 0.405. The van der Waals surface area contributed by atoms with Crippen molar-refractivity contribution >= 4 is 6.21 Å². The molecule has 3 aromatic rings. The minimum atomic E-state index is -0.305. The molecule has 3 nitrogen and oxygen atoms in total. The highest BCUT2D eigenvalue weighted by atomic mass is 19.1. The summed E-state index contributed by atoms with van der Waals surface area (Å²) in [5.41, 5.74) is 3.23. The van der Waals surface area contributed by atoms with Gasteiger partial charge in [-0.1, -0.05) is 24.3 Å². The molecule has 0 spiro atoms. The van der Waals surface area contributed by atoms with Crippen LogP contribution in [0.3, 0.4) is 0 Å². The molecular formula is C21H18F2N2O. The number of halogens is 2. The van der Waals surface area contributed by atoms with Gasteiger partial charge in [0.1, 0.15) is 24.0 Å². The molecule has 0 atom stereocenters. The third-order valence-electron chi connectivity index (χ3n) is 3.88. The van der Waals surface area contributed by atoms with Crippen molar-refractivity contribution in [2.45, 2.75) is 13.0 Å². The zero-order valence-electron chi connectivity index (χ0n) is 14.0. The highest BCUT2D eigenvalue weighted by Gasteiger charge is 2.08. The molecule has 0 heterocycles. The van der Waals surface area contributed by atoms with Crippen LogP contribution in [0.15, 0.2) is 71.8 Å². The summed E-state index contributed by atoms with van der Waals surface area (Å²) in [4.78, 5) is 0. The van der Waals surface area contributed by atoms with Crippen LogP contribution in [-0.2, 0) is 13.0 Å². The molecule has 0 saturated carbocycles. The van der Waals surface area contributed by atoms with E-state index in [-0.39, 0.29) is 18.2 Å². The van der Waals surface area contributed by atoms with Crippen LogP contribution in [0.5, 0.6) is 5.75 Å². The van der Waals surface area contributed by atoms with Crippen molar-refractivity contribution in [1.29, 1.82) is 0 Å². The van der Waals surface area contributed by atoms with Gasteiger partial charge in [0, 0.05) is 6.42 Å². The number of nitrogens with two attached hydrogens (primary N) is 1. The van der Waals surface area contributed by atoms with E-state index in [4.69, 9.17) is 10.6 Å². The fraction of sp³-hybridized carbons (Fsp3) is 0.0952. The average molecular weight is 352 g/mol. The lowest BCUT2D eigenvalue weighted by atomic mass is 10.0. The Bertz CT molecular complexity index is 925. The van der Waals surface area contributed by atoms with Crippen LogP contribution in [0.2, 0.25) is 0 Å². The first-order chi connectivity index (χ1) is 12.6. The van der Waals surface area contributed by atoms with Crippen LogP contribution in [0.4, 0.5) is 8.78 Å². The topological polar surface area (TPSA) is 47.6 Å². The predicted molar refractivity (Wildman–Crippen MR) is 98.2 cm³/mol. The summed E-state index contributed by atoms with van der Waals surface area (Å²) >= 11 is 0. The van der Waals surface area contributed by atoms with Gasteiger partial charge in [-0.2, -0.15) is 5.10 Å². The maximum atomic E-state index is 13.5. The van der Waals surface area contributed by atoms with E-state index in [9.17, 15) is 8.78 Å². The van der Waals surface area contributed by atoms with Crippen molar-refractivity contribution in [3.8, 4) is 5.75 Å². The van der Waals surface area contributed by atoms with E-state index < -0.39 is 0 Å². The molecule has 2 N–H and O–H groups in total. The Kier molecular flexibility index (Phi) is 5.59. The molecule has 132 valence electrons. The highest BCUT2D eigenvalue weighted by Crippen LogP contribution is 2.24. The van der Waals surface area contributed by atoms with Gasteiger partial charge in [0.2, 0.25) is 0 Å². The van der Waals surface area contributed by atoms with Crippen molar-refractivity contribution in [3.05, 3.63) is 101 Å². The van der Waals surface area contributed by atoms with Gasteiger partial charge in [-0.3, -0.25) is 0 Å². The number of hydrogen-bond donors (Lipinski definition) is 1. The van der Waals surface area contributed by atoms with Crippen molar-refractivity contribution in [1.82, 2.24) is 0 Å². The van der Waals surface area contributed by atoms with Gasteiger partial charge >= 0.3 is 0 Å². The number of hydrazone groups is 1. The third kappa shape index (κ3) is 4.66. The average Bonchev–Trinajstić information content (AvgIpc) is 2.61. The number of rotatable bonds is 6. The van der Waals surface area contributed by atoms with E-state index in [1.807, 2.05) is 24.3 Å². The van der Waals surface area contributed by atoms with E-state index in [0.29, 0.717) is 12.2 Å². The van der Waals surface area contributed by atoms with Crippen LogP contribution in [0.25, 0.3) is 0 Å². The molecule has 26 heavy (non-hydrogen) atoms. The molecule has 0 unspecified atom stereocenters. The van der Waals surface area contributed by atoms with E-state index in [2.05, 4.69) is 5.10 Å². The van der Waals surface area contributed by atoms with Gasteiger partial charge in [0.15, 0.2) is 0 Å². The lowest BCUT2D eigenvalue weighted by Gasteiger charge is -2.13. The van der Waals surface area contributed by atoms with Gasteiger partial charge in [0.05, 0.1) is 6.21 Å². The number of nitrogens with zero attached hydrogens (tertiary/aromatic N) is 1. The summed E-state index contributed by atoms with van der Waals surface area (Å²) in [6, 6.07) is 18.2. The lowest BCUT2D eigenvalue weighted by molar-refractivity contribution is 0.303. The molecule has 5 heteroatoms. The van der Waals surface area contributed by atoms with Gasteiger partial charge in [-0.15, -0.1) is 0 Å². The largest absolute Gasteiger partial charge is 0.489 e. The first-order valence-corrected chi connectivity index (χ1v) is 8.12. The fourth-order valence-electron chi connectivity index (χ4n) is 2.70. The third-order valence-corrected chi connectivity index (χ3v) is 3.88. The second-order valence-electron chi connectivity index (χ2n) is 5.87. The van der Waals surface area contributed by atoms with Gasteiger partial charge in [-0.25, -0.2) is 8.78 Å². The maximum absolute atomic E-state index is 13.5. The second kappa shape index (κ2) is 8.25. The normalized spacial score (nSPS) is 11.0. The van der Waals surface area contributed by atoms with Crippen molar-refractivity contribution in [2.75, 3.05) is 0 Å². The van der Waals surface area contributed by atoms with Crippen LogP contribution >= 0.6 is 0 Å². The summed E-state index contributed by atoms with van der Waals surface area (Å²) in [6.07, 6.45) is 2.02. The van der Waals surface area contributed by atoms with Crippen LogP contribution in [0, 0.1) is 11.6 Å². The number of benzene rings is 3. The molecule has 0 aliphatic rings. The molecule has 0 fully saturated rings. The zero-order chi connectivity index (χ0) is 18.4. The lowest BCUT2D eigenvalue weighted by Crippen LogP contribution is -2.01. The van der Waals surface area contributed by atoms with Crippen LogP contribution in [0.1, 0.15) is 22.3 Å². The van der Waals surface area contributed by atoms with Crippen molar-refractivity contribution < 1.29 is 13.5 Å². The van der Waals surface area contributed by atoms with E-state index in [0.717, 1.165) is 22.3 Å². The van der Waals surface area contributed by atoms with Gasteiger partial charge in [-0.05, 0) is 64.7 Å². The Morgan fingerprint density at radius 2 is 1.58 bits per heavy atom. The first kappa shape index (κ1) is 17.6. The Morgan fingerprint density at radius 1 is 0.885 bits per heavy atom. The molecule has 0 aliphatic carbocycles. The molecule has 3 aromatic carbocycles. The fourth-order valence-corrected chi connectivity index (χ4v) is 2.70. The maximum Gasteiger partial charge on any atom is 0.123 e. The van der Waals surface area contributed by atoms with Crippen molar-refractivity contribution in [2.24, 2.45) is 10.9 Å². The Morgan fingerprint density at radius 3 is 2.27 bits per heavy atom. The minimum absolute atomic E-state index is 0.234. The molecule has 0 aromatic heterocycles. The van der Waals surface area contributed by atoms with Crippen molar-refractivity contribution in [3.63, 3.8) is 0 Å². The Balaban J connectivity index is 1.85. The summed E-state index contributed by atoms with van der Waals surface area (Å²) in [5, 5.41) is 3.53. The number of hydrogen-bond acceptors (Lipinski definition) is 3. The Labute approximate surface area is 150 Å². The first-order valence-electron chi connectivity index (χ1n) is 8.12. The van der Waals surface area contributed by atoms with E-state index in [1.165, 1.54) is 30.5 Å². The van der Waals surface area contributed by atoms with Gasteiger partial charge < -0.3 is 10.6 Å². The molecule has 0 bridgehead atoms. The molecule has 0 radical (unpaired) electrons. The molecule has 0 saturated heterocycles. The molecule has 0 aliphatic heterocycles. The zero-order valence-corrected chi connectivity index (χ0v) is 14.0. The summed E-state index contributed by atoms with van der Waals surface area (Å²) in [5.74, 6) is 5.28. The number of ether oxygens (including phenoxy) is 1. The SMILES string of the molecule is NN=Cc1ccc(OCc2cccc(F)c2)c(Cc2cccc(F)c2)c1.